The van der Waals surface area contributed by atoms with Crippen molar-refractivity contribution in [2.45, 2.75) is 45.6 Å². The van der Waals surface area contributed by atoms with Crippen LogP contribution in [0.2, 0.25) is 0 Å². The van der Waals surface area contributed by atoms with Crippen molar-refractivity contribution < 1.29 is 0 Å². The van der Waals surface area contributed by atoms with Crippen LogP contribution in [0.3, 0.4) is 0 Å². The second-order valence-corrected chi connectivity index (χ2v) is 7.03. The lowest BCUT2D eigenvalue weighted by atomic mass is 10.1. The molecule has 0 aliphatic carbocycles. The summed E-state index contributed by atoms with van der Waals surface area (Å²) in [5, 5.41) is 7.08. The third-order valence-corrected chi connectivity index (χ3v) is 5.09. The van der Waals surface area contributed by atoms with Gasteiger partial charge in [0.05, 0.1) is 0 Å². The molecule has 1 saturated heterocycles. The number of piperidine rings is 1. The Morgan fingerprint density at radius 3 is 2.54 bits per heavy atom. The molecule has 2 rings (SSSR count). The molecule has 0 radical (unpaired) electrons. The predicted molar refractivity (Wildman–Crippen MR) is 113 cm³/mol. The minimum Gasteiger partial charge on any atom is -0.372 e. The smallest absolute Gasteiger partial charge is 0.191 e. The second kappa shape index (κ2) is 11.8. The van der Waals surface area contributed by atoms with Crippen LogP contribution in [0, 0.1) is 0 Å². The molecule has 1 aliphatic rings. The summed E-state index contributed by atoms with van der Waals surface area (Å²) in [5.74, 6) is 0.946. The number of benzene rings is 1. The molecule has 146 valence electrons. The first-order valence-electron chi connectivity index (χ1n) is 10.3. The van der Waals surface area contributed by atoms with Crippen LogP contribution in [0.4, 0.5) is 5.69 Å². The van der Waals surface area contributed by atoms with E-state index >= 15 is 0 Å². The number of rotatable bonds is 9. The van der Waals surface area contributed by atoms with E-state index < -0.39 is 0 Å². The molecule has 0 aromatic heterocycles. The summed E-state index contributed by atoms with van der Waals surface area (Å²) in [7, 11) is 1.86. The molecule has 0 bridgehead atoms. The van der Waals surface area contributed by atoms with Gasteiger partial charge in [-0.1, -0.05) is 25.1 Å². The van der Waals surface area contributed by atoms with Gasteiger partial charge in [-0.05, 0) is 51.3 Å². The maximum absolute atomic E-state index is 4.40. The zero-order valence-corrected chi connectivity index (χ0v) is 16.9. The van der Waals surface area contributed by atoms with Gasteiger partial charge in [-0.2, -0.15) is 0 Å². The van der Waals surface area contributed by atoms with Crippen molar-refractivity contribution in [3.63, 3.8) is 0 Å². The summed E-state index contributed by atoms with van der Waals surface area (Å²) in [6.07, 6.45) is 4.76. The highest BCUT2D eigenvalue weighted by atomic mass is 15.2. The van der Waals surface area contributed by atoms with Gasteiger partial charge in [-0.15, -0.1) is 0 Å². The molecular weight excluding hydrogens is 322 g/mol. The first-order chi connectivity index (χ1) is 12.8. The Morgan fingerprint density at radius 1 is 1.19 bits per heavy atom. The molecule has 2 N–H and O–H groups in total. The Kier molecular flexibility index (Phi) is 9.32. The lowest BCUT2D eigenvalue weighted by Gasteiger charge is -2.32. The molecular formula is C21H37N5. The van der Waals surface area contributed by atoms with Crippen molar-refractivity contribution in [1.82, 2.24) is 15.5 Å². The van der Waals surface area contributed by atoms with Gasteiger partial charge in [-0.25, -0.2) is 0 Å². The zero-order valence-electron chi connectivity index (χ0n) is 16.9. The van der Waals surface area contributed by atoms with E-state index in [9.17, 15) is 0 Å². The van der Waals surface area contributed by atoms with Crippen molar-refractivity contribution >= 4 is 11.6 Å². The minimum absolute atomic E-state index is 0.547. The number of aliphatic imine (C=N–C) groups is 1. The fourth-order valence-electron chi connectivity index (χ4n) is 3.59. The fourth-order valence-corrected chi connectivity index (χ4v) is 3.59. The molecule has 0 spiro atoms. The average Bonchev–Trinajstić information content (AvgIpc) is 2.69. The van der Waals surface area contributed by atoms with Crippen molar-refractivity contribution in [2.75, 3.05) is 51.2 Å². The molecule has 0 amide bonds. The number of hydrogen-bond donors (Lipinski definition) is 2. The van der Waals surface area contributed by atoms with E-state index in [0.29, 0.717) is 6.04 Å². The van der Waals surface area contributed by atoms with E-state index in [0.717, 1.165) is 32.0 Å². The van der Waals surface area contributed by atoms with Crippen LogP contribution >= 0.6 is 0 Å². The molecule has 0 saturated carbocycles. The summed E-state index contributed by atoms with van der Waals surface area (Å²) in [6, 6.07) is 11.2. The van der Waals surface area contributed by atoms with Crippen LogP contribution in [0.1, 0.15) is 39.5 Å². The SMILES string of the molecule is CCCN1CCC(NC(=NC)NCCCN(CC)c2ccccc2)CC1. The van der Waals surface area contributed by atoms with E-state index in [1.165, 1.54) is 44.6 Å². The highest BCUT2D eigenvalue weighted by Gasteiger charge is 2.19. The minimum atomic E-state index is 0.547. The standard InChI is InChI=1S/C21H37N5/c1-4-15-25-17-12-19(13-18-25)24-21(22-3)23-14-9-16-26(5-2)20-10-7-6-8-11-20/h6-8,10-11,19H,4-5,9,12-18H2,1-3H3,(H2,22,23,24). The van der Waals surface area contributed by atoms with Gasteiger partial charge in [0.15, 0.2) is 5.96 Å². The van der Waals surface area contributed by atoms with Gasteiger partial charge in [0, 0.05) is 51.5 Å². The highest BCUT2D eigenvalue weighted by Crippen LogP contribution is 2.13. The number of likely N-dealkylation sites (tertiary alicyclic amines) is 1. The van der Waals surface area contributed by atoms with Crippen LogP contribution < -0.4 is 15.5 Å². The van der Waals surface area contributed by atoms with Crippen molar-refractivity contribution in [3.05, 3.63) is 30.3 Å². The van der Waals surface area contributed by atoms with Crippen LogP contribution in [-0.4, -0.2) is 63.2 Å². The number of guanidine groups is 1. The van der Waals surface area contributed by atoms with Gasteiger partial charge >= 0.3 is 0 Å². The van der Waals surface area contributed by atoms with Crippen molar-refractivity contribution in [2.24, 2.45) is 4.99 Å². The van der Waals surface area contributed by atoms with Gasteiger partial charge in [0.1, 0.15) is 0 Å². The quantitative estimate of drug-likeness (QED) is 0.404. The first kappa shape index (κ1) is 20.6. The number of para-hydroxylation sites is 1. The predicted octanol–water partition coefficient (Wildman–Crippen LogP) is 2.94. The molecule has 0 unspecified atom stereocenters. The summed E-state index contributed by atoms with van der Waals surface area (Å²) < 4.78 is 0. The molecule has 1 heterocycles. The topological polar surface area (TPSA) is 42.9 Å². The van der Waals surface area contributed by atoms with Crippen LogP contribution in [-0.2, 0) is 0 Å². The second-order valence-electron chi connectivity index (χ2n) is 7.03. The Morgan fingerprint density at radius 2 is 1.92 bits per heavy atom. The molecule has 26 heavy (non-hydrogen) atoms. The highest BCUT2D eigenvalue weighted by molar-refractivity contribution is 5.79. The van der Waals surface area contributed by atoms with Gasteiger partial charge in [0.2, 0.25) is 0 Å². The van der Waals surface area contributed by atoms with Gasteiger partial charge in [-0.3, -0.25) is 4.99 Å². The lowest BCUT2D eigenvalue weighted by molar-refractivity contribution is 0.206. The van der Waals surface area contributed by atoms with Crippen molar-refractivity contribution in [1.29, 1.82) is 0 Å². The molecule has 1 aromatic carbocycles. The molecule has 1 fully saturated rings. The molecule has 5 nitrogen and oxygen atoms in total. The van der Waals surface area contributed by atoms with E-state index in [1.807, 2.05) is 7.05 Å². The van der Waals surface area contributed by atoms with Gasteiger partial charge in [0.25, 0.3) is 0 Å². The van der Waals surface area contributed by atoms with Crippen LogP contribution in [0.25, 0.3) is 0 Å². The van der Waals surface area contributed by atoms with Crippen LogP contribution in [0.5, 0.6) is 0 Å². The zero-order chi connectivity index (χ0) is 18.6. The summed E-state index contributed by atoms with van der Waals surface area (Å²) in [4.78, 5) is 9.38. The number of nitrogens with zero attached hydrogens (tertiary/aromatic N) is 3. The largest absolute Gasteiger partial charge is 0.372 e. The maximum Gasteiger partial charge on any atom is 0.191 e. The Balaban J connectivity index is 1.66. The third kappa shape index (κ3) is 6.87. The van der Waals surface area contributed by atoms with Gasteiger partial charge < -0.3 is 20.4 Å². The van der Waals surface area contributed by atoms with E-state index in [1.54, 1.807) is 0 Å². The van der Waals surface area contributed by atoms with E-state index in [4.69, 9.17) is 0 Å². The summed E-state index contributed by atoms with van der Waals surface area (Å²) in [5.41, 5.74) is 1.30. The van der Waals surface area contributed by atoms with Crippen molar-refractivity contribution in [3.8, 4) is 0 Å². The van der Waals surface area contributed by atoms with E-state index in [-0.39, 0.29) is 0 Å². The molecule has 1 aliphatic heterocycles. The Bertz CT molecular complexity index is 508. The maximum atomic E-state index is 4.40. The number of hydrogen-bond acceptors (Lipinski definition) is 3. The fraction of sp³-hybridized carbons (Fsp3) is 0.667. The molecule has 0 atom stereocenters. The number of anilines is 1. The molecule has 1 aromatic rings. The summed E-state index contributed by atoms with van der Waals surface area (Å²) >= 11 is 0. The Labute approximate surface area is 159 Å². The third-order valence-electron chi connectivity index (χ3n) is 5.09. The Hall–Kier alpha value is -1.75. The summed E-state index contributed by atoms with van der Waals surface area (Å²) in [6.45, 7) is 11.1. The van der Waals surface area contributed by atoms with Crippen LogP contribution in [0.15, 0.2) is 35.3 Å². The lowest BCUT2D eigenvalue weighted by Crippen LogP contribution is -2.49. The average molecular weight is 360 g/mol. The first-order valence-corrected chi connectivity index (χ1v) is 10.3. The normalized spacial score (nSPS) is 16.5. The monoisotopic (exact) mass is 359 g/mol. The van der Waals surface area contributed by atoms with E-state index in [2.05, 4.69) is 69.6 Å². The number of nitrogens with one attached hydrogen (secondary N) is 2. The molecule has 5 heteroatoms.